The van der Waals surface area contributed by atoms with Gasteiger partial charge in [0.05, 0.1) is 5.02 Å². The summed E-state index contributed by atoms with van der Waals surface area (Å²) in [5.41, 5.74) is 4.95. The average molecular weight is 248 g/mol. The Balaban J connectivity index is 2.87. The van der Waals surface area contributed by atoms with Gasteiger partial charge in [-0.2, -0.15) is 0 Å². The van der Waals surface area contributed by atoms with Gasteiger partial charge in [0, 0.05) is 11.4 Å². The second kappa shape index (κ2) is 4.51. The van der Waals surface area contributed by atoms with Crippen molar-refractivity contribution in [3.8, 4) is 0 Å². The molecule has 15 heavy (non-hydrogen) atoms. The fourth-order valence-corrected chi connectivity index (χ4v) is 2.17. The molecule has 2 N–H and O–H groups in total. The van der Waals surface area contributed by atoms with Gasteiger partial charge in [-0.15, -0.1) is 11.3 Å². The van der Waals surface area contributed by atoms with Gasteiger partial charge in [-0.25, -0.2) is 4.79 Å². The summed E-state index contributed by atoms with van der Waals surface area (Å²) in [6, 6.07) is 1.70. The summed E-state index contributed by atoms with van der Waals surface area (Å²) in [5.74, 6) is -0.391. The smallest absolute Gasteiger partial charge is 0.350 e. The number of carbonyl (C=O) groups is 1. The van der Waals surface area contributed by atoms with Crippen molar-refractivity contribution < 1.29 is 9.53 Å². The van der Waals surface area contributed by atoms with Crippen LogP contribution >= 0.6 is 22.9 Å². The number of ether oxygens (including phenoxy) is 1. The standard InChI is InChI=1S/C10H14ClNO2S/c1-10(2,3)14-9(13)8-7(11)4-6(5-12)15-8/h4H,5,12H2,1-3H3. The quantitative estimate of drug-likeness (QED) is 0.818. The van der Waals surface area contributed by atoms with E-state index in [1.165, 1.54) is 11.3 Å². The SMILES string of the molecule is CC(C)(C)OC(=O)c1sc(CN)cc1Cl. The molecular weight excluding hydrogens is 234 g/mol. The van der Waals surface area contributed by atoms with Gasteiger partial charge >= 0.3 is 5.97 Å². The van der Waals surface area contributed by atoms with Crippen LogP contribution in [-0.4, -0.2) is 11.6 Å². The first kappa shape index (κ1) is 12.5. The van der Waals surface area contributed by atoms with Crippen molar-refractivity contribution in [1.29, 1.82) is 0 Å². The van der Waals surface area contributed by atoms with Gasteiger partial charge in [0.1, 0.15) is 10.5 Å². The molecule has 0 aliphatic heterocycles. The largest absolute Gasteiger partial charge is 0.456 e. The Morgan fingerprint density at radius 1 is 1.60 bits per heavy atom. The molecule has 3 nitrogen and oxygen atoms in total. The van der Waals surface area contributed by atoms with Gasteiger partial charge in [0.2, 0.25) is 0 Å². The van der Waals surface area contributed by atoms with Crippen molar-refractivity contribution in [2.75, 3.05) is 0 Å². The van der Waals surface area contributed by atoms with E-state index in [0.717, 1.165) is 4.88 Å². The molecule has 1 heterocycles. The fourth-order valence-electron chi connectivity index (χ4n) is 0.980. The molecule has 1 rings (SSSR count). The lowest BCUT2D eigenvalue weighted by Gasteiger charge is -2.18. The lowest BCUT2D eigenvalue weighted by Crippen LogP contribution is -2.23. The van der Waals surface area contributed by atoms with Crippen molar-refractivity contribution in [2.45, 2.75) is 32.9 Å². The van der Waals surface area contributed by atoms with E-state index in [4.69, 9.17) is 22.1 Å². The Hall–Kier alpha value is -0.580. The molecule has 1 aromatic heterocycles. The summed E-state index contributed by atoms with van der Waals surface area (Å²) in [5, 5.41) is 0.412. The van der Waals surface area contributed by atoms with E-state index in [-0.39, 0.29) is 0 Å². The monoisotopic (exact) mass is 247 g/mol. The number of hydrogen-bond acceptors (Lipinski definition) is 4. The number of hydrogen-bond donors (Lipinski definition) is 1. The minimum absolute atomic E-state index is 0.382. The first-order valence-electron chi connectivity index (χ1n) is 4.55. The van der Waals surface area contributed by atoms with Gasteiger partial charge in [-0.1, -0.05) is 11.6 Å². The third kappa shape index (κ3) is 3.48. The highest BCUT2D eigenvalue weighted by Gasteiger charge is 2.22. The van der Waals surface area contributed by atoms with Gasteiger partial charge in [0.15, 0.2) is 0 Å². The van der Waals surface area contributed by atoms with Crippen LogP contribution in [0.15, 0.2) is 6.07 Å². The molecule has 0 aliphatic carbocycles. The van der Waals surface area contributed by atoms with Crippen LogP contribution in [0.5, 0.6) is 0 Å². The van der Waals surface area contributed by atoms with Crippen molar-refractivity contribution in [3.05, 3.63) is 20.8 Å². The van der Waals surface area contributed by atoms with Crippen molar-refractivity contribution in [3.63, 3.8) is 0 Å². The Labute approximate surface area is 98.2 Å². The zero-order chi connectivity index (χ0) is 11.6. The normalized spacial score (nSPS) is 11.5. The summed E-state index contributed by atoms with van der Waals surface area (Å²) in [6.07, 6.45) is 0. The molecule has 1 aromatic rings. The van der Waals surface area contributed by atoms with Crippen LogP contribution in [-0.2, 0) is 11.3 Å². The van der Waals surface area contributed by atoms with Crippen LogP contribution < -0.4 is 5.73 Å². The van der Waals surface area contributed by atoms with Crippen LogP contribution in [0.3, 0.4) is 0 Å². The molecule has 0 aromatic carbocycles. The average Bonchev–Trinajstić information content (AvgIpc) is 2.43. The molecule has 0 fully saturated rings. The summed E-state index contributed by atoms with van der Waals surface area (Å²) < 4.78 is 5.21. The molecule has 0 saturated heterocycles. The first-order chi connectivity index (χ1) is 6.83. The Morgan fingerprint density at radius 3 is 2.60 bits per heavy atom. The molecule has 0 unspecified atom stereocenters. The minimum Gasteiger partial charge on any atom is -0.456 e. The molecule has 0 atom stereocenters. The van der Waals surface area contributed by atoms with E-state index in [9.17, 15) is 4.79 Å². The molecule has 0 radical (unpaired) electrons. The van der Waals surface area contributed by atoms with Crippen molar-refractivity contribution in [1.82, 2.24) is 0 Å². The van der Waals surface area contributed by atoms with Crippen LogP contribution in [0.1, 0.15) is 35.3 Å². The van der Waals surface area contributed by atoms with Gasteiger partial charge in [0.25, 0.3) is 0 Å². The number of halogens is 1. The lowest BCUT2D eigenvalue weighted by atomic mass is 10.2. The molecule has 0 bridgehead atoms. The van der Waals surface area contributed by atoms with Crippen LogP contribution in [0.2, 0.25) is 5.02 Å². The highest BCUT2D eigenvalue weighted by atomic mass is 35.5. The van der Waals surface area contributed by atoms with Crippen molar-refractivity contribution in [2.24, 2.45) is 5.73 Å². The second-order valence-electron chi connectivity index (χ2n) is 4.10. The van der Waals surface area contributed by atoms with Gasteiger partial charge in [-0.05, 0) is 26.8 Å². The predicted molar refractivity (Wildman–Crippen MR) is 62.4 cm³/mol. The molecule has 0 aliphatic rings. The van der Waals surface area contributed by atoms with E-state index in [1.807, 2.05) is 20.8 Å². The van der Waals surface area contributed by atoms with Gasteiger partial charge < -0.3 is 10.5 Å². The third-order valence-corrected chi connectivity index (χ3v) is 3.07. The maximum Gasteiger partial charge on any atom is 0.350 e. The molecule has 0 amide bonds. The summed E-state index contributed by atoms with van der Waals surface area (Å²) in [7, 11) is 0. The van der Waals surface area contributed by atoms with E-state index < -0.39 is 11.6 Å². The van der Waals surface area contributed by atoms with Crippen LogP contribution in [0.25, 0.3) is 0 Å². The number of carbonyl (C=O) groups excluding carboxylic acids is 1. The Morgan fingerprint density at radius 2 is 2.20 bits per heavy atom. The lowest BCUT2D eigenvalue weighted by molar-refractivity contribution is 0.00755. The van der Waals surface area contributed by atoms with Crippen LogP contribution in [0, 0.1) is 0 Å². The minimum atomic E-state index is -0.507. The molecule has 0 saturated carbocycles. The summed E-state index contributed by atoms with van der Waals surface area (Å²) in [4.78, 5) is 13.0. The fraction of sp³-hybridized carbons (Fsp3) is 0.500. The maximum absolute atomic E-state index is 11.7. The van der Waals surface area contributed by atoms with E-state index >= 15 is 0 Å². The number of thiophene rings is 1. The zero-order valence-corrected chi connectivity index (χ0v) is 10.5. The number of rotatable bonds is 2. The zero-order valence-electron chi connectivity index (χ0n) is 8.96. The van der Waals surface area contributed by atoms with E-state index in [0.29, 0.717) is 16.4 Å². The second-order valence-corrected chi connectivity index (χ2v) is 5.64. The Kier molecular flexibility index (Phi) is 3.76. The topological polar surface area (TPSA) is 52.3 Å². The van der Waals surface area contributed by atoms with Crippen molar-refractivity contribution >= 4 is 28.9 Å². The maximum atomic E-state index is 11.7. The van der Waals surface area contributed by atoms with E-state index in [2.05, 4.69) is 0 Å². The highest BCUT2D eigenvalue weighted by molar-refractivity contribution is 7.14. The van der Waals surface area contributed by atoms with E-state index in [1.54, 1.807) is 6.07 Å². The Bertz CT molecular complexity index is 368. The molecular formula is C10H14ClNO2S. The summed E-state index contributed by atoms with van der Waals surface area (Å²) >= 11 is 7.18. The number of esters is 1. The molecule has 5 heteroatoms. The summed E-state index contributed by atoms with van der Waals surface area (Å²) in [6.45, 7) is 5.83. The predicted octanol–water partition coefficient (Wildman–Crippen LogP) is 2.82. The molecule has 84 valence electrons. The third-order valence-electron chi connectivity index (χ3n) is 1.52. The van der Waals surface area contributed by atoms with Crippen LogP contribution in [0.4, 0.5) is 0 Å². The number of nitrogens with two attached hydrogens (primary N) is 1. The first-order valence-corrected chi connectivity index (χ1v) is 5.74. The highest BCUT2D eigenvalue weighted by Crippen LogP contribution is 2.28. The van der Waals surface area contributed by atoms with Gasteiger partial charge in [-0.3, -0.25) is 0 Å². The molecule has 0 spiro atoms.